The van der Waals surface area contributed by atoms with Gasteiger partial charge in [-0.15, -0.1) is 0 Å². The third-order valence-corrected chi connectivity index (χ3v) is 2.48. The molecule has 0 aliphatic heterocycles. The van der Waals surface area contributed by atoms with Crippen LogP contribution in [0.1, 0.15) is 26.3 Å². The Hall–Kier alpha value is -1.18. The number of benzene rings is 1. The van der Waals surface area contributed by atoms with E-state index in [0.717, 1.165) is 17.0 Å². The quantitative estimate of drug-likeness (QED) is 0.749. The smallest absolute Gasteiger partial charge is 0.145 e. The molecule has 0 aromatic heterocycles. The molecule has 0 spiro atoms. The van der Waals surface area contributed by atoms with E-state index in [2.05, 4.69) is 20.8 Å². The van der Waals surface area contributed by atoms with Gasteiger partial charge in [-0.2, -0.15) is 0 Å². The van der Waals surface area contributed by atoms with E-state index in [1.807, 2.05) is 25.1 Å². The van der Waals surface area contributed by atoms with Gasteiger partial charge in [0, 0.05) is 0 Å². The molecule has 78 valence electrons. The summed E-state index contributed by atoms with van der Waals surface area (Å²) in [4.78, 5) is 0. The van der Waals surface area contributed by atoms with Gasteiger partial charge < -0.3 is 10.5 Å². The molecule has 0 aliphatic rings. The topological polar surface area (TPSA) is 35.2 Å². The summed E-state index contributed by atoms with van der Waals surface area (Å²) < 4.78 is 5.81. The lowest BCUT2D eigenvalue weighted by Crippen LogP contribution is -2.19. The van der Waals surface area contributed by atoms with Crippen LogP contribution in [0.2, 0.25) is 0 Å². The SMILES string of the molecule is Cc1cccc(N)c1OC(C)C(C)C. The van der Waals surface area contributed by atoms with Crippen molar-refractivity contribution in [3.05, 3.63) is 23.8 Å². The van der Waals surface area contributed by atoms with Gasteiger partial charge in [-0.25, -0.2) is 0 Å². The Morgan fingerprint density at radius 1 is 1.21 bits per heavy atom. The van der Waals surface area contributed by atoms with Crippen molar-refractivity contribution in [3.8, 4) is 5.75 Å². The van der Waals surface area contributed by atoms with Crippen molar-refractivity contribution in [2.45, 2.75) is 33.8 Å². The van der Waals surface area contributed by atoms with Crippen molar-refractivity contribution in [2.75, 3.05) is 5.73 Å². The number of rotatable bonds is 3. The molecular weight excluding hydrogens is 174 g/mol. The molecule has 1 atom stereocenters. The maximum absolute atomic E-state index is 5.84. The van der Waals surface area contributed by atoms with Gasteiger partial charge in [0.25, 0.3) is 0 Å². The average Bonchev–Trinajstić information content (AvgIpc) is 2.11. The largest absolute Gasteiger partial charge is 0.488 e. The Morgan fingerprint density at radius 3 is 2.36 bits per heavy atom. The molecule has 0 bridgehead atoms. The van der Waals surface area contributed by atoms with Crippen molar-refractivity contribution in [1.29, 1.82) is 0 Å². The van der Waals surface area contributed by atoms with Crippen LogP contribution in [0.15, 0.2) is 18.2 Å². The molecular formula is C12H19NO. The molecule has 0 radical (unpaired) electrons. The van der Waals surface area contributed by atoms with Gasteiger partial charge in [0.1, 0.15) is 5.75 Å². The van der Waals surface area contributed by atoms with Crippen molar-refractivity contribution in [1.82, 2.24) is 0 Å². The number of para-hydroxylation sites is 1. The first-order valence-corrected chi connectivity index (χ1v) is 5.04. The number of nitrogen functional groups attached to an aromatic ring is 1. The monoisotopic (exact) mass is 193 g/mol. The van der Waals surface area contributed by atoms with Crippen LogP contribution in [0.3, 0.4) is 0 Å². The molecule has 0 saturated carbocycles. The highest BCUT2D eigenvalue weighted by molar-refractivity contribution is 5.56. The van der Waals surface area contributed by atoms with Crippen LogP contribution < -0.4 is 10.5 Å². The van der Waals surface area contributed by atoms with E-state index in [-0.39, 0.29) is 6.10 Å². The van der Waals surface area contributed by atoms with Crippen molar-refractivity contribution < 1.29 is 4.74 Å². The standard InChI is InChI=1S/C12H19NO/c1-8(2)10(4)14-12-9(3)6-5-7-11(12)13/h5-8,10H,13H2,1-4H3. The van der Waals surface area contributed by atoms with E-state index in [1.54, 1.807) is 0 Å². The van der Waals surface area contributed by atoms with E-state index < -0.39 is 0 Å². The summed E-state index contributed by atoms with van der Waals surface area (Å²) in [6.07, 6.45) is 0.193. The van der Waals surface area contributed by atoms with Crippen molar-refractivity contribution in [2.24, 2.45) is 5.92 Å². The molecule has 1 unspecified atom stereocenters. The summed E-state index contributed by atoms with van der Waals surface area (Å²) in [5.41, 5.74) is 7.66. The lowest BCUT2D eigenvalue weighted by Gasteiger charge is -2.20. The van der Waals surface area contributed by atoms with Gasteiger partial charge in [-0.1, -0.05) is 26.0 Å². The summed E-state index contributed by atoms with van der Waals surface area (Å²) in [5, 5.41) is 0. The van der Waals surface area contributed by atoms with Crippen LogP contribution in [0.5, 0.6) is 5.75 Å². The van der Waals surface area contributed by atoms with E-state index in [4.69, 9.17) is 10.5 Å². The molecule has 0 amide bonds. The Bertz CT molecular complexity index is 287. The molecule has 0 heterocycles. The predicted octanol–water partition coefficient (Wildman–Crippen LogP) is 3.00. The zero-order chi connectivity index (χ0) is 10.7. The summed E-state index contributed by atoms with van der Waals surface area (Å²) in [5.74, 6) is 1.32. The molecule has 1 aromatic carbocycles. The van der Waals surface area contributed by atoms with Crippen LogP contribution in [-0.4, -0.2) is 6.10 Å². The van der Waals surface area contributed by atoms with Crippen molar-refractivity contribution >= 4 is 5.69 Å². The summed E-state index contributed by atoms with van der Waals surface area (Å²) in [6, 6.07) is 5.83. The molecule has 0 saturated heterocycles. The van der Waals surface area contributed by atoms with E-state index in [0.29, 0.717) is 5.92 Å². The number of nitrogens with two attached hydrogens (primary N) is 1. The van der Waals surface area contributed by atoms with E-state index in [1.165, 1.54) is 0 Å². The Morgan fingerprint density at radius 2 is 1.86 bits per heavy atom. The third-order valence-electron chi connectivity index (χ3n) is 2.48. The third kappa shape index (κ3) is 2.41. The van der Waals surface area contributed by atoms with Gasteiger partial charge in [0.05, 0.1) is 11.8 Å². The zero-order valence-corrected chi connectivity index (χ0v) is 9.37. The van der Waals surface area contributed by atoms with E-state index >= 15 is 0 Å². The maximum Gasteiger partial charge on any atom is 0.145 e. The van der Waals surface area contributed by atoms with Crippen LogP contribution in [-0.2, 0) is 0 Å². The lowest BCUT2D eigenvalue weighted by atomic mass is 10.1. The fraction of sp³-hybridized carbons (Fsp3) is 0.500. The molecule has 14 heavy (non-hydrogen) atoms. The Labute approximate surface area is 86.1 Å². The normalized spacial score (nSPS) is 12.9. The van der Waals surface area contributed by atoms with Crippen LogP contribution in [0.4, 0.5) is 5.69 Å². The van der Waals surface area contributed by atoms with Crippen LogP contribution in [0, 0.1) is 12.8 Å². The minimum absolute atomic E-state index is 0.193. The number of hydrogen-bond donors (Lipinski definition) is 1. The second kappa shape index (κ2) is 4.36. The maximum atomic E-state index is 5.84. The van der Waals surface area contributed by atoms with Gasteiger partial charge >= 0.3 is 0 Å². The second-order valence-electron chi connectivity index (χ2n) is 4.06. The lowest BCUT2D eigenvalue weighted by molar-refractivity contribution is 0.170. The Kier molecular flexibility index (Phi) is 3.39. The average molecular weight is 193 g/mol. The highest BCUT2D eigenvalue weighted by atomic mass is 16.5. The number of ether oxygens (including phenoxy) is 1. The molecule has 0 fully saturated rings. The van der Waals surface area contributed by atoms with Gasteiger partial charge in [-0.3, -0.25) is 0 Å². The predicted molar refractivity (Wildman–Crippen MR) is 60.5 cm³/mol. The number of hydrogen-bond acceptors (Lipinski definition) is 2. The fourth-order valence-corrected chi connectivity index (χ4v) is 1.16. The first-order valence-electron chi connectivity index (χ1n) is 5.04. The summed E-state index contributed by atoms with van der Waals surface area (Å²) in [7, 11) is 0. The fourth-order valence-electron chi connectivity index (χ4n) is 1.16. The van der Waals surface area contributed by atoms with Gasteiger partial charge in [-0.05, 0) is 31.4 Å². The number of anilines is 1. The summed E-state index contributed by atoms with van der Waals surface area (Å²) in [6.45, 7) is 8.35. The van der Waals surface area contributed by atoms with Crippen LogP contribution in [0.25, 0.3) is 0 Å². The minimum atomic E-state index is 0.193. The molecule has 2 N–H and O–H groups in total. The number of aryl methyl sites for hydroxylation is 1. The first kappa shape index (κ1) is 10.9. The van der Waals surface area contributed by atoms with Gasteiger partial charge in [0.2, 0.25) is 0 Å². The molecule has 2 heteroatoms. The van der Waals surface area contributed by atoms with Crippen LogP contribution >= 0.6 is 0 Å². The highest BCUT2D eigenvalue weighted by Crippen LogP contribution is 2.27. The van der Waals surface area contributed by atoms with E-state index in [9.17, 15) is 0 Å². The second-order valence-corrected chi connectivity index (χ2v) is 4.06. The summed E-state index contributed by atoms with van der Waals surface area (Å²) >= 11 is 0. The zero-order valence-electron chi connectivity index (χ0n) is 9.37. The molecule has 1 rings (SSSR count). The molecule has 0 aliphatic carbocycles. The highest BCUT2D eigenvalue weighted by Gasteiger charge is 2.11. The van der Waals surface area contributed by atoms with Crippen molar-refractivity contribution in [3.63, 3.8) is 0 Å². The first-order chi connectivity index (χ1) is 6.52. The molecule has 1 aromatic rings. The minimum Gasteiger partial charge on any atom is -0.488 e. The Balaban J connectivity index is 2.85. The van der Waals surface area contributed by atoms with Gasteiger partial charge in [0.15, 0.2) is 0 Å². The molecule has 2 nitrogen and oxygen atoms in total.